The third-order valence-electron chi connectivity index (χ3n) is 3.12. The molecule has 5 heteroatoms. The van der Waals surface area contributed by atoms with Gasteiger partial charge in [-0.2, -0.15) is 13.2 Å². The third kappa shape index (κ3) is 2.44. The summed E-state index contributed by atoms with van der Waals surface area (Å²) < 4.78 is 39.8. The number of rotatable bonds is 1. The van der Waals surface area contributed by atoms with E-state index in [1.54, 1.807) is 20.8 Å². The van der Waals surface area contributed by atoms with Crippen molar-refractivity contribution in [1.82, 2.24) is 4.57 Å². The summed E-state index contributed by atoms with van der Waals surface area (Å²) in [5, 5.41) is 0. The minimum absolute atomic E-state index is 0.0547. The maximum atomic E-state index is 12.8. The standard InChI is InChI=1S/C13H16F3NO/c1-12(2,3)10-6-8(13(14,15)16)7-17(11(10)18)9-4-5-9/h6-7,9H,4-5H2,1-3H3. The fourth-order valence-corrected chi connectivity index (χ4v) is 1.92. The lowest BCUT2D eigenvalue weighted by Gasteiger charge is -2.21. The summed E-state index contributed by atoms with van der Waals surface area (Å²) in [7, 11) is 0. The lowest BCUT2D eigenvalue weighted by Crippen LogP contribution is -2.31. The van der Waals surface area contributed by atoms with Gasteiger partial charge in [0.2, 0.25) is 0 Å². The molecule has 0 amide bonds. The molecule has 1 aliphatic rings. The van der Waals surface area contributed by atoms with Crippen molar-refractivity contribution in [2.45, 2.75) is 51.2 Å². The highest BCUT2D eigenvalue weighted by atomic mass is 19.4. The van der Waals surface area contributed by atoms with Gasteiger partial charge < -0.3 is 4.57 Å². The summed E-state index contributed by atoms with van der Waals surface area (Å²) in [6.45, 7) is 5.25. The van der Waals surface area contributed by atoms with E-state index in [0.29, 0.717) is 0 Å². The first kappa shape index (κ1) is 13.2. The van der Waals surface area contributed by atoms with Crippen LogP contribution in [0.4, 0.5) is 13.2 Å². The number of hydrogen-bond acceptors (Lipinski definition) is 1. The third-order valence-corrected chi connectivity index (χ3v) is 3.12. The van der Waals surface area contributed by atoms with Gasteiger partial charge in [-0.3, -0.25) is 4.79 Å². The van der Waals surface area contributed by atoms with Gasteiger partial charge in [-0.1, -0.05) is 20.8 Å². The molecule has 0 saturated heterocycles. The Morgan fingerprint density at radius 2 is 1.78 bits per heavy atom. The van der Waals surface area contributed by atoms with Gasteiger partial charge in [0, 0.05) is 17.8 Å². The Kier molecular flexibility index (Phi) is 2.83. The molecule has 2 rings (SSSR count). The van der Waals surface area contributed by atoms with Crippen LogP contribution in [0.3, 0.4) is 0 Å². The molecule has 1 saturated carbocycles. The van der Waals surface area contributed by atoms with E-state index in [1.165, 1.54) is 4.57 Å². The molecule has 0 unspecified atom stereocenters. The molecular weight excluding hydrogens is 243 g/mol. The van der Waals surface area contributed by atoms with Crippen molar-refractivity contribution in [2.24, 2.45) is 0 Å². The van der Waals surface area contributed by atoms with Gasteiger partial charge in [0.15, 0.2) is 0 Å². The second-order valence-electron chi connectivity index (χ2n) is 5.83. The molecule has 0 radical (unpaired) electrons. The molecule has 1 aromatic rings. The summed E-state index contributed by atoms with van der Waals surface area (Å²) in [6, 6.07) is 0.933. The van der Waals surface area contributed by atoms with Crippen LogP contribution in [0.5, 0.6) is 0 Å². The molecule has 18 heavy (non-hydrogen) atoms. The molecule has 0 atom stereocenters. The maximum absolute atomic E-state index is 12.8. The summed E-state index contributed by atoms with van der Waals surface area (Å²) in [4.78, 5) is 12.2. The molecule has 1 aromatic heterocycles. The topological polar surface area (TPSA) is 22.0 Å². The molecule has 0 bridgehead atoms. The van der Waals surface area contributed by atoms with Crippen molar-refractivity contribution in [1.29, 1.82) is 0 Å². The van der Waals surface area contributed by atoms with Gasteiger partial charge in [0.25, 0.3) is 5.56 Å². The lowest BCUT2D eigenvalue weighted by molar-refractivity contribution is -0.138. The molecule has 1 fully saturated rings. The zero-order valence-electron chi connectivity index (χ0n) is 10.6. The zero-order valence-corrected chi connectivity index (χ0v) is 10.6. The van der Waals surface area contributed by atoms with E-state index in [-0.39, 0.29) is 17.2 Å². The quantitative estimate of drug-likeness (QED) is 0.756. The highest BCUT2D eigenvalue weighted by Crippen LogP contribution is 2.37. The Labute approximate surface area is 103 Å². The summed E-state index contributed by atoms with van der Waals surface area (Å²) in [6.07, 6.45) is -1.89. The predicted octanol–water partition coefficient (Wildman–Crippen LogP) is 3.50. The molecule has 0 aliphatic heterocycles. The molecule has 1 heterocycles. The van der Waals surface area contributed by atoms with Crippen molar-refractivity contribution in [2.75, 3.05) is 0 Å². The monoisotopic (exact) mass is 259 g/mol. The number of pyridine rings is 1. The summed E-state index contributed by atoms with van der Waals surface area (Å²) >= 11 is 0. The number of aromatic nitrogens is 1. The van der Waals surface area contributed by atoms with Crippen LogP contribution in [0.25, 0.3) is 0 Å². The highest BCUT2D eigenvalue weighted by molar-refractivity contribution is 5.27. The van der Waals surface area contributed by atoms with Crippen LogP contribution >= 0.6 is 0 Å². The average molecular weight is 259 g/mol. The van der Waals surface area contributed by atoms with Crippen molar-refractivity contribution in [3.63, 3.8) is 0 Å². The van der Waals surface area contributed by atoms with Gasteiger partial charge in [-0.05, 0) is 24.3 Å². The average Bonchev–Trinajstić information content (AvgIpc) is 2.97. The van der Waals surface area contributed by atoms with Crippen LogP contribution in [-0.2, 0) is 11.6 Å². The summed E-state index contributed by atoms with van der Waals surface area (Å²) in [5.74, 6) is 0. The molecule has 2 nitrogen and oxygen atoms in total. The Morgan fingerprint density at radius 1 is 1.22 bits per heavy atom. The predicted molar refractivity (Wildman–Crippen MR) is 62.7 cm³/mol. The first-order chi connectivity index (χ1) is 8.10. The van der Waals surface area contributed by atoms with Crippen LogP contribution in [0.2, 0.25) is 0 Å². The van der Waals surface area contributed by atoms with Crippen LogP contribution in [0.1, 0.15) is 50.8 Å². The number of halogens is 3. The van der Waals surface area contributed by atoms with Crippen molar-refractivity contribution in [3.8, 4) is 0 Å². The second-order valence-corrected chi connectivity index (χ2v) is 5.83. The Hall–Kier alpha value is -1.26. The lowest BCUT2D eigenvalue weighted by atomic mass is 9.87. The summed E-state index contributed by atoms with van der Waals surface area (Å²) in [5.41, 5.74) is -1.39. The van der Waals surface area contributed by atoms with Crippen LogP contribution in [0.15, 0.2) is 17.1 Å². The van der Waals surface area contributed by atoms with E-state index in [2.05, 4.69) is 0 Å². The van der Waals surface area contributed by atoms with Crippen molar-refractivity contribution >= 4 is 0 Å². The first-order valence-electron chi connectivity index (χ1n) is 5.94. The minimum Gasteiger partial charge on any atom is -0.312 e. The van der Waals surface area contributed by atoms with Gasteiger partial charge in [0.05, 0.1) is 5.56 Å². The van der Waals surface area contributed by atoms with E-state index >= 15 is 0 Å². The van der Waals surface area contributed by atoms with E-state index in [9.17, 15) is 18.0 Å². The largest absolute Gasteiger partial charge is 0.417 e. The molecular formula is C13H16F3NO. The molecule has 0 spiro atoms. The van der Waals surface area contributed by atoms with Crippen LogP contribution < -0.4 is 5.56 Å². The van der Waals surface area contributed by atoms with Crippen molar-refractivity contribution in [3.05, 3.63) is 33.7 Å². The molecule has 0 N–H and O–H groups in total. The Balaban J connectivity index is 2.66. The van der Waals surface area contributed by atoms with E-state index in [1.807, 2.05) is 0 Å². The SMILES string of the molecule is CC(C)(C)c1cc(C(F)(F)F)cn(C2CC2)c1=O. The first-order valence-corrected chi connectivity index (χ1v) is 5.94. The maximum Gasteiger partial charge on any atom is 0.417 e. The molecule has 0 aromatic carbocycles. The normalized spacial score (nSPS) is 17.0. The fraction of sp³-hybridized carbons (Fsp3) is 0.615. The van der Waals surface area contributed by atoms with Gasteiger partial charge >= 0.3 is 6.18 Å². The van der Waals surface area contributed by atoms with Gasteiger partial charge in [-0.15, -0.1) is 0 Å². The molecule has 100 valence electrons. The zero-order chi connectivity index (χ0) is 13.7. The van der Waals surface area contributed by atoms with Gasteiger partial charge in [-0.25, -0.2) is 0 Å². The number of hydrogen-bond donors (Lipinski definition) is 0. The van der Waals surface area contributed by atoms with E-state index in [4.69, 9.17) is 0 Å². The number of alkyl halides is 3. The minimum atomic E-state index is -4.41. The van der Waals surface area contributed by atoms with Crippen LogP contribution in [0, 0.1) is 0 Å². The fourth-order valence-electron chi connectivity index (χ4n) is 1.92. The number of nitrogens with zero attached hydrogens (tertiary/aromatic N) is 1. The Morgan fingerprint density at radius 3 is 2.17 bits per heavy atom. The smallest absolute Gasteiger partial charge is 0.312 e. The van der Waals surface area contributed by atoms with Crippen LogP contribution in [-0.4, -0.2) is 4.57 Å². The molecule has 1 aliphatic carbocycles. The Bertz CT molecular complexity index is 519. The second kappa shape index (κ2) is 3.87. The van der Waals surface area contributed by atoms with E-state index in [0.717, 1.165) is 25.1 Å². The highest BCUT2D eigenvalue weighted by Gasteiger charge is 2.36. The van der Waals surface area contributed by atoms with Crippen molar-refractivity contribution < 1.29 is 13.2 Å². The van der Waals surface area contributed by atoms with Gasteiger partial charge in [0.1, 0.15) is 0 Å². The van der Waals surface area contributed by atoms with E-state index < -0.39 is 17.2 Å².